The van der Waals surface area contributed by atoms with Crippen molar-refractivity contribution in [3.8, 4) is 0 Å². The number of alkyl halides is 3. The molecule has 0 fully saturated rings. The Morgan fingerprint density at radius 3 is 2.63 bits per heavy atom. The fraction of sp³-hybridized carbons (Fsp3) is 0.364. The van der Waals surface area contributed by atoms with Crippen LogP contribution in [0.4, 0.5) is 18.9 Å². The average molecular weight is 340 g/mol. The fourth-order valence-corrected chi connectivity index (χ4v) is 1.82. The number of nitrogens with two attached hydrogens (primary N) is 1. The monoisotopic (exact) mass is 339 g/mol. The number of benzene rings is 1. The summed E-state index contributed by atoms with van der Waals surface area (Å²) in [5, 5.41) is 14.2. The lowest BCUT2D eigenvalue weighted by molar-refractivity contribution is -0.137. The van der Waals surface area contributed by atoms with E-state index >= 15 is 0 Å². The zero-order valence-electron chi connectivity index (χ0n) is 10.0. The van der Waals surface area contributed by atoms with Crippen LogP contribution < -0.4 is 11.1 Å². The molecule has 4 nitrogen and oxygen atoms in total. The summed E-state index contributed by atoms with van der Waals surface area (Å²) in [7, 11) is 0. The van der Waals surface area contributed by atoms with Crippen molar-refractivity contribution < 1.29 is 18.4 Å². The largest absolute Gasteiger partial charge is 0.416 e. The molecule has 19 heavy (non-hydrogen) atoms. The van der Waals surface area contributed by atoms with Crippen LogP contribution in [0, 0.1) is 0 Å². The molecule has 0 bridgehead atoms. The van der Waals surface area contributed by atoms with Crippen LogP contribution in [0.1, 0.15) is 18.9 Å². The van der Waals surface area contributed by atoms with Crippen molar-refractivity contribution in [2.75, 3.05) is 5.32 Å². The number of hydrogen-bond donors (Lipinski definition) is 3. The Morgan fingerprint density at radius 2 is 2.16 bits per heavy atom. The van der Waals surface area contributed by atoms with Gasteiger partial charge in [0.15, 0.2) is 5.84 Å². The van der Waals surface area contributed by atoms with Crippen molar-refractivity contribution in [1.29, 1.82) is 0 Å². The van der Waals surface area contributed by atoms with Gasteiger partial charge in [0.1, 0.15) is 0 Å². The van der Waals surface area contributed by atoms with E-state index in [1.165, 1.54) is 6.07 Å². The Labute approximate surface area is 116 Å². The molecule has 1 unspecified atom stereocenters. The molecule has 0 saturated carbocycles. The van der Waals surface area contributed by atoms with E-state index in [0.29, 0.717) is 10.9 Å². The number of oxime groups is 1. The average Bonchev–Trinajstić information content (AvgIpc) is 2.35. The van der Waals surface area contributed by atoms with Crippen molar-refractivity contribution in [1.82, 2.24) is 0 Å². The third-order valence-corrected chi connectivity index (χ3v) is 3.20. The number of anilines is 1. The van der Waals surface area contributed by atoms with Crippen LogP contribution in [0.2, 0.25) is 0 Å². The molecule has 0 heterocycles. The Morgan fingerprint density at radius 1 is 1.53 bits per heavy atom. The van der Waals surface area contributed by atoms with Gasteiger partial charge in [0, 0.05) is 10.2 Å². The standard InChI is InChI=1S/C11H13BrF3N3O/c1-2-8(10(16)18-19)17-9-5-6(11(13,14)15)3-4-7(9)12/h3-5,8,17,19H,2H2,1H3,(H2,16,18). The van der Waals surface area contributed by atoms with Crippen molar-refractivity contribution in [2.45, 2.75) is 25.6 Å². The van der Waals surface area contributed by atoms with Crippen LogP contribution in [-0.4, -0.2) is 17.1 Å². The fourth-order valence-electron chi connectivity index (χ4n) is 1.45. The van der Waals surface area contributed by atoms with E-state index in [1.54, 1.807) is 6.92 Å². The van der Waals surface area contributed by atoms with Crippen LogP contribution in [-0.2, 0) is 6.18 Å². The normalized spacial score (nSPS) is 14.3. The first-order valence-corrected chi connectivity index (χ1v) is 6.19. The van der Waals surface area contributed by atoms with Crippen LogP contribution in [0.15, 0.2) is 27.8 Å². The second-order valence-corrected chi connectivity index (χ2v) is 4.68. The molecular formula is C11H13BrF3N3O. The molecule has 0 aliphatic rings. The highest BCUT2D eigenvalue weighted by Crippen LogP contribution is 2.34. The molecule has 0 radical (unpaired) electrons. The second-order valence-electron chi connectivity index (χ2n) is 3.82. The van der Waals surface area contributed by atoms with Crippen LogP contribution >= 0.6 is 15.9 Å². The summed E-state index contributed by atoms with van der Waals surface area (Å²) in [5.41, 5.74) is 4.91. The second kappa shape index (κ2) is 6.14. The van der Waals surface area contributed by atoms with Crippen LogP contribution in [0.3, 0.4) is 0 Å². The molecule has 0 aliphatic carbocycles. The summed E-state index contributed by atoms with van der Waals surface area (Å²) in [6.07, 6.45) is -3.96. The van der Waals surface area contributed by atoms with Gasteiger partial charge in [0.05, 0.1) is 11.6 Å². The third kappa shape index (κ3) is 4.02. The molecule has 106 valence electrons. The van der Waals surface area contributed by atoms with Gasteiger partial charge in [0.25, 0.3) is 0 Å². The molecular weight excluding hydrogens is 327 g/mol. The first kappa shape index (κ1) is 15.6. The van der Waals surface area contributed by atoms with Crippen molar-refractivity contribution in [2.24, 2.45) is 10.9 Å². The molecule has 1 atom stereocenters. The van der Waals surface area contributed by atoms with Gasteiger partial charge in [-0.05, 0) is 40.5 Å². The molecule has 0 amide bonds. The van der Waals surface area contributed by atoms with Crippen LogP contribution in [0.5, 0.6) is 0 Å². The summed E-state index contributed by atoms with van der Waals surface area (Å²) in [5.74, 6) is -0.0909. The van der Waals surface area contributed by atoms with Gasteiger partial charge >= 0.3 is 6.18 Å². The Kier molecular flexibility index (Phi) is 5.04. The molecule has 1 aromatic carbocycles. The number of nitrogens with zero attached hydrogens (tertiary/aromatic N) is 1. The molecule has 1 rings (SSSR count). The summed E-state index contributed by atoms with van der Waals surface area (Å²) in [6, 6.07) is 2.69. The summed E-state index contributed by atoms with van der Waals surface area (Å²) >= 11 is 3.15. The molecule has 1 aromatic rings. The van der Waals surface area contributed by atoms with Crippen molar-refractivity contribution in [3.63, 3.8) is 0 Å². The van der Waals surface area contributed by atoms with E-state index in [2.05, 4.69) is 26.4 Å². The maximum Gasteiger partial charge on any atom is 0.416 e. The molecule has 0 spiro atoms. The SMILES string of the molecule is CCC(Nc1cc(C(F)(F)F)ccc1Br)/C(N)=N/O. The van der Waals surface area contributed by atoms with E-state index in [0.717, 1.165) is 12.1 Å². The summed E-state index contributed by atoms with van der Waals surface area (Å²) in [4.78, 5) is 0. The Balaban J connectivity index is 3.06. The highest BCUT2D eigenvalue weighted by molar-refractivity contribution is 9.10. The first-order chi connectivity index (χ1) is 8.79. The van der Waals surface area contributed by atoms with E-state index in [-0.39, 0.29) is 11.5 Å². The number of rotatable bonds is 4. The van der Waals surface area contributed by atoms with Crippen molar-refractivity contribution in [3.05, 3.63) is 28.2 Å². The van der Waals surface area contributed by atoms with Gasteiger partial charge in [0.2, 0.25) is 0 Å². The number of hydrogen-bond acceptors (Lipinski definition) is 3. The van der Waals surface area contributed by atoms with Gasteiger partial charge in [-0.1, -0.05) is 12.1 Å². The lowest BCUT2D eigenvalue weighted by Gasteiger charge is -2.19. The molecule has 0 aromatic heterocycles. The van der Waals surface area contributed by atoms with E-state index in [4.69, 9.17) is 10.9 Å². The molecule has 0 aliphatic heterocycles. The van der Waals surface area contributed by atoms with Crippen LogP contribution in [0.25, 0.3) is 0 Å². The lowest BCUT2D eigenvalue weighted by Crippen LogP contribution is -2.35. The highest BCUT2D eigenvalue weighted by Gasteiger charge is 2.31. The summed E-state index contributed by atoms with van der Waals surface area (Å²) in [6.45, 7) is 1.76. The Hall–Kier alpha value is -1.44. The van der Waals surface area contributed by atoms with Gasteiger partial charge < -0.3 is 16.3 Å². The zero-order valence-corrected chi connectivity index (χ0v) is 11.6. The van der Waals surface area contributed by atoms with Gasteiger partial charge in [-0.15, -0.1) is 0 Å². The maximum absolute atomic E-state index is 12.6. The molecule has 4 N–H and O–H groups in total. The summed E-state index contributed by atoms with van der Waals surface area (Å²) < 4.78 is 38.3. The first-order valence-electron chi connectivity index (χ1n) is 5.40. The minimum Gasteiger partial charge on any atom is -0.409 e. The van der Waals surface area contributed by atoms with E-state index in [9.17, 15) is 13.2 Å². The topological polar surface area (TPSA) is 70.6 Å². The number of amidine groups is 1. The minimum absolute atomic E-state index is 0.0909. The maximum atomic E-state index is 12.6. The van der Waals surface area contributed by atoms with E-state index in [1.807, 2.05) is 0 Å². The smallest absolute Gasteiger partial charge is 0.409 e. The number of nitrogens with one attached hydrogen (secondary N) is 1. The van der Waals surface area contributed by atoms with E-state index < -0.39 is 17.8 Å². The lowest BCUT2D eigenvalue weighted by atomic mass is 10.1. The van der Waals surface area contributed by atoms with Gasteiger partial charge in [-0.25, -0.2) is 0 Å². The predicted molar refractivity (Wildman–Crippen MR) is 70.3 cm³/mol. The number of halogens is 4. The Bertz CT molecular complexity index is 477. The highest BCUT2D eigenvalue weighted by atomic mass is 79.9. The van der Waals surface area contributed by atoms with Gasteiger partial charge in [-0.3, -0.25) is 0 Å². The third-order valence-electron chi connectivity index (χ3n) is 2.50. The predicted octanol–water partition coefficient (Wildman–Crippen LogP) is 3.40. The van der Waals surface area contributed by atoms with Gasteiger partial charge in [-0.2, -0.15) is 13.2 Å². The quantitative estimate of drug-likeness (QED) is 0.340. The van der Waals surface area contributed by atoms with Crippen molar-refractivity contribution >= 4 is 27.5 Å². The molecule has 8 heteroatoms. The minimum atomic E-state index is -4.42. The molecule has 0 saturated heterocycles. The zero-order chi connectivity index (χ0) is 14.6.